The van der Waals surface area contributed by atoms with Crippen molar-refractivity contribution in [3.63, 3.8) is 0 Å². The zero-order chi connectivity index (χ0) is 27.6. The van der Waals surface area contributed by atoms with Gasteiger partial charge in [0.15, 0.2) is 0 Å². The van der Waals surface area contributed by atoms with Crippen molar-refractivity contribution < 1.29 is 0 Å². The molecule has 0 aromatic heterocycles. The third-order valence-electron chi connectivity index (χ3n) is 15.0. The molecule has 37 heavy (non-hydrogen) atoms. The standard InChI is InChI=1S/C34H60.C3H6/c1-22(2)21-25-14-17-32(8)27(30(25,5)6)15-18-34(10)28(32)12-11-26-29-24(4)23(3)13-16-31(29,7)19-20-33(26,34)9;1-3-2/h22-29H,11-21H2,1-10H3;3H,1H2,2H3. The van der Waals surface area contributed by atoms with Crippen LogP contribution in [-0.4, -0.2) is 0 Å². The third kappa shape index (κ3) is 4.35. The summed E-state index contributed by atoms with van der Waals surface area (Å²) in [6, 6.07) is 0. The van der Waals surface area contributed by atoms with E-state index in [4.69, 9.17) is 0 Å². The first kappa shape index (κ1) is 29.7. The first-order valence-electron chi connectivity index (χ1n) is 16.7. The Balaban J connectivity index is 0.00000102. The van der Waals surface area contributed by atoms with Crippen molar-refractivity contribution in [3.05, 3.63) is 12.7 Å². The van der Waals surface area contributed by atoms with Crippen LogP contribution in [0.25, 0.3) is 0 Å². The second-order valence-electron chi connectivity index (χ2n) is 17.3. The molecule has 0 spiro atoms. The van der Waals surface area contributed by atoms with Crippen molar-refractivity contribution in [2.45, 2.75) is 147 Å². The molecular weight excluding hydrogens is 444 g/mol. The van der Waals surface area contributed by atoms with Crippen molar-refractivity contribution in [1.29, 1.82) is 0 Å². The molecule has 0 N–H and O–H groups in total. The van der Waals surface area contributed by atoms with Gasteiger partial charge in [-0.1, -0.05) is 75.3 Å². The summed E-state index contributed by atoms with van der Waals surface area (Å²) in [7, 11) is 0. The Hall–Kier alpha value is -0.260. The van der Waals surface area contributed by atoms with Gasteiger partial charge in [0, 0.05) is 0 Å². The largest absolute Gasteiger partial charge is 0.103 e. The molecule has 0 nitrogen and oxygen atoms in total. The van der Waals surface area contributed by atoms with Crippen molar-refractivity contribution in [2.75, 3.05) is 0 Å². The number of hydrogen-bond acceptors (Lipinski definition) is 0. The quantitative estimate of drug-likeness (QED) is 0.324. The van der Waals surface area contributed by atoms with Crippen molar-refractivity contribution in [1.82, 2.24) is 0 Å². The fraction of sp³-hybridized carbons (Fsp3) is 0.946. The van der Waals surface area contributed by atoms with Gasteiger partial charge in [-0.3, -0.25) is 0 Å². The highest BCUT2D eigenvalue weighted by Gasteiger charge is 2.69. The van der Waals surface area contributed by atoms with Gasteiger partial charge < -0.3 is 0 Å². The summed E-state index contributed by atoms with van der Waals surface area (Å²) in [4.78, 5) is 0. The van der Waals surface area contributed by atoms with E-state index < -0.39 is 0 Å². The lowest BCUT2D eigenvalue weighted by Crippen LogP contribution is -2.67. The minimum atomic E-state index is 0.509. The van der Waals surface area contributed by atoms with Crippen LogP contribution in [0.4, 0.5) is 0 Å². The zero-order valence-corrected chi connectivity index (χ0v) is 27.2. The second kappa shape index (κ2) is 9.98. The van der Waals surface area contributed by atoms with E-state index in [2.05, 4.69) is 75.8 Å². The molecule has 5 saturated carbocycles. The topological polar surface area (TPSA) is 0 Å². The molecule has 0 aliphatic heterocycles. The molecule has 11 atom stereocenters. The molecule has 5 aliphatic carbocycles. The van der Waals surface area contributed by atoms with Gasteiger partial charge in [-0.2, -0.15) is 0 Å². The lowest BCUT2D eigenvalue weighted by Gasteiger charge is -2.74. The van der Waals surface area contributed by atoms with Gasteiger partial charge >= 0.3 is 0 Å². The molecule has 0 radical (unpaired) electrons. The molecule has 11 unspecified atom stereocenters. The van der Waals surface area contributed by atoms with E-state index in [0.717, 1.165) is 47.3 Å². The van der Waals surface area contributed by atoms with Gasteiger partial charge in [0.05, 0.1) is 0 Å². The molecule has 0 heteroatoms. The SMILES string of the molecule is C=CC.CC(C)CC1CCC2(C)C(CCC3(C)C2CCC2C4C(C)C(C)CCC4(C)CCC23C)C1(C)C. The Kier molecular flexibility index (Phi) is 8.02. The fourth-order valence-electron chi connectivity index (χ4n) is 12.8. The van der Waals surface area contributed by atoms with Crippen LogP contribution >= 0.6 is 0 Å². The van der Waals surface area contributed by atoms with E-state index in [9.17, 15) is 0 Å². The van der Waals surface area contributed by atoms with Gasteiger partial charge in [-0.15, -0.1) is 6.58 Å². The van der Waals surface area contributed by atoms with E-state index >= 15 is 0 Å². The van der Waals surface area contributed by atoms with E-state index in [-0.39, 0.29) is 0 Å². The lowest BCUT2D eigenvalue weighted by molar-refractivity contribution is -0.252. The summed E-state index contributed by atoms with van der Waals surface area (Å²) >= 11 is 0. The Labute approximate surface area is 233 Å². The maximum atomic E-state index is 3.36. The van der Waals surface area contributed by atoms with Crippen molar-refractivity contribution in [2.24, 2.45) is 74.4 Å². The average molecular weight is 511 g/mol. The van der Waals surface area contributed by atoms with E-state index in [1.54, 1.807) is 6.08 Å². The maximum Gasteiger partial charge on any atom is -0.0235 e. The Morgan fingerprint density at radius 1 is 0.757 bits per heavy atom. The van der Waals surface area contributed by atoms with Crippen LogP contribution in [-0.2, 0) is 0 Å². The summed E-state index contributed by atoms with van der Waals surface area (Å²) in [6.45, 7) is 31.9. The van der Waals surface area contributed by atoms with Crippen LogP contribution in [0.5, 0.6) is 0 Å². The number of fused-ring (bicyclic) bond motifs is 7. The summed E-state index contributed by atoms with van der Waals surface area (Å²) < 4.78 is 0. The summed E-state index contributed by atoms with van der Waals surface area (Å²) in [5, 5.41) is 0. The van der Waals surface area contributed by atoms with Crippen LogP contribution < -0.4 is 0 Å². The van der Waals surface area contributed by atoms with E-state index in [1.165, 1.54) is 70.6 Å². The Morgan fingerprint density at radius 2 is 1.41 bits per heavy atom. The zero-order valence-electron chi connectivity index (χ0n) is 27.2. The monoisotopic (exact) mass is 511 g/mol. The summed E-state index contributed by atoms with van der Waals surface area (Å²) in [5.74, 6) is 7.43. The van der Waals surface area contributed by atoms with Gasteiger partial charge in [-0.25, -0.2) is 0 Å². The molecule has 0 saturated heterocycles. The summed E-state index contributed by atoms with van der Waals surface area (Å²) in [5.41, 5.74) is 2.79. The fourth-order valence-corrected chi connectivity index (χ4v) is 12.8. The van der Waals surface area contributed by atoms with Crippen LogP contribution in [0.15, 0.2) is 12.7 Å². The van der Waals surface area contributed by atoms with Crippen LogP contribution in [0.3, 0.4) is 0 Å². The van der Waals surface area contributed by atoms with E-state index in [0.29, 0.717) is 27.1 Å². The number of hydrogen-bond donors (Lipinski definition) is 0. The molecule has 5 aliphatic rings. The predicted molar refractivity (Wildman–Crippen MR) is 163 cm³/mol. The molecule has 5 rings (SSSR count). The molecule has 0 aromatic carbocycles. The van der Waals surface area contributed by atoms with Crippen LogP contribution in [0, 0.1) is 74.4 Å². The maximum absolute atomic E-state index is 3.36. The molecular formula is C37H66. The highest BCUT2D eigenvalue weighted by atomic mass is 14.7. The van der Waals surface area contributed by atoms with Crippen molar-refractivity contribution in [3.8, 4) is 0 Å². The predicted octanol–water partition coefficient (Wildman–Crippen LogP) is 11.6. The molecule has 0 bridgehead atoms. The molecule has 214 valence electrons. The lowest BCUT2D eigenvalue weighted by atomic mass is 9.31. The van der Waals surface area contributed by atoms with Crippen LogP contribution in [0.1, 0.15) is 147 Å². The van der Waals surface area contributed by atoms with Crippen molar-refractivity contribution >= 4 is 0 Å². The normalized spacial score (nSPS) is 52.5. The first-order valence-corrected chi connectivity index (χ1v) is 16.7. The Morgan fingerprint density at radius 3 is 2.03 bits per heavy atom. The minimum Gasteiger partial charge on any atom is -0.103 e. The van der Waals surface area contributed by atoms with Gasteiger partial charge in [0.2, 0.25) is 0 Å². The first-order chi connectivity index (χ1) is 17.1. The third-order valence-corrected chi connectivity index (χ3v) is 15.0. The van der Waals surface area contributed by atoms with Gasteiger partial charge in [0.1, 0.15) is 0 Å². The minimum absolute atomic E-state index is 0.509. The number of rotatable bonds is 2. The number of allylic oxidation sites excluding steroid dienone is 1. The highest BCUT2D eigenvalue weighted by molar-refractivity contribution is 5.18. The Bertz CT molecular complexity index is 820. The molecule has 5 fully saturated rings. The highest BCUT2D eigenvalue weighted by Crippen LogP contribution is 2.77. The molecule has 0 heterocycles. The van der Waals surface area contributed by atoms with Gasteiger partial charge in [-0.05, 0) is 152 Å². The second-order valence-corrected chi connectivity index (χ2v) is 17.3. The average Bonchev–Trinajstić information content (AvgIpc) is 2.80. The molecule has 0 aromatic rings. The van der Waals surface area contributed by atoms with E-state index in [1.807, 2.05) is 6.92 Å². The molecule has 0 amide bonds. The summed E-state index contributed by atoms with van der Waals surface area (Å²) in [6.07, 6.45) is 18.3. The van der Waals surface area contributed by atoms with Gasteiger partial charge in [0.25, 0.3) is 0 Å². The smallest absolute Gasteiger partial charge is 0.0235 e. The van der Waals surface area contributed by atoms with Crippen LogP contribution in [0.2, 0.25) is 0 Å².